The fraction of sp³-hybridized carbons (Fsp3) is 0.600. The summed E-state index contributed by atoms with van der Waals surface area (Å²) in [6.07, 6.45) is -3.48. The number of hydrogen-bond donors (Lipinski definition) is 2. The number of hydrogen-bond acceptors (Lipinski definition) is 2. The third kappa shape index (κ3) is 3.74. The van der Waals surface area contributed by atoms with Crippen molar-refractivity contribution in [3.05, 3.63) is 35.1 Å². The van der Waals surface area contributed by atoms with E-state index in [9.17, 15) is 22.7 Å². The van der Waals surface area contributed by atoms with Crippen LogP contribution >= 0.6 is 0 Å². The second kappa shape index (κ2) is 6.32. The highest BCUT2D eigenvalue weighted by atomic mass is 19.4. The Hall–Kier alpha value is -1.14. The molecule has 0 bridgehead atoms. The fourth-order valence-electron chi connectivity index (χ4n) is 2.89. The molecule has 1 aromatic carbocycles. The summed E-state index contributed by atoms with van der Waals surface area (Å²) in [7, 11) is 0. The number of alkyl halides is 3. The van der Waals surface area contributed by atoms with E-state index in [-0.39, 0.29) is 5.56 Å². The summed E-state index contributed by atoms with van der Waals surface area (Å²) >= 11 is 0. The minimum atomic E-state index is -4.68. The maximum atomic E-state index is 13.1. The van der Waals surface area contributed by atoms with Crippen LogP contribution in [-0.2, 0) is 6.18 Å². The molecule has 0 aromatic heterocycles. The van der Waals surface area contributed by atoms with Gasteiger partial charge in [-0.25, -0.2) is 4.39 Å². The third-order valence-electron chi connectivity index (χ3n) is 4.14. The Morgan fingerprint density at radius 2 is 2.10 bits per heavy atom. The van der Waals surface area contributed by atoms with Crippen LogP contribution in [0.25, 0.3) is 0 Å². The molecule has 6 heteroatoms. The van der Waals surface area contributed by atoms with Gasteiger partial charge in [-0.05, 0) is 43.0 Å². The molecule has 2 rings (SSSR count). The van der Waals surface area contributed by atoms with Crippen molar-refractivity contribution in [1.82, 2.24) is 5.32 Å². The van der Waals surface area contributed by atoms with Gasteiger partial charge in [-0.15, -0.1) is 0 Å². The first-order valence-corrected chi connectivity index (χ1v) is 7.11. The van der Waals surface area contributed by atoms with Gasteiger partial charge < -0.3 is 10.4 Å². The van der Waals surface area contributed by atoms with E-state index >= 15 is 0 Å². The summed E-state index contributed by atoms with van der Waals surface area (Å²) in [5.74, 6) is -0.568. The number of aliphatic hydroxyl groups is 1. The van der Waals surface area contributed by atoms with E-state index in [0.717, 1.165) is 25.0 Å². The van der Waals surface area contributed by atoms with Gasteiger partial charge in [0.2, 0.25) is 0 Å². The molecule has 21 heavy (non-hydrogen) atoms. The Balaban J connectivity index is 2.28. The van der Waals surface area contributed by atoms with Crippen molar-refractivity contribution in [1.29, 1.82) is 0 Å². The average Bonchev–Trinajstić information content (AvgIpc) is 2.45. The van der Waals surface area contributed by atoms with Gasteiger partial charge in [-0.3, -0.25) is 0 Å². The van der Waals surface area contributed by atoms with Gasteiger partial charge in [0.05, 0.1) is 11.7 Å². The van der Waals surface area contributed by atoms with Crippen molar-refractivity contribution in [2.75, 3.05) is 6.54 Å². The molecule has 3 atom stereocenters. The molecule has 2 nitrogen and oxygen atoms in total. The quantitative estimate of drug-likeness (QED) is 0.835. The third-order valence-corrected chi connectivity index (χ3v) is 4.14. The van der Waals surface area contributed by atoms with Gasteiger partial charge in [0.1, 0.15) is 5.82 Å². The van der Waals surface area contributed by atoms with Crippen LogP contribution in [0.3, 0.4) is 0 Å². The van der Waals surface area contributed by atoms with E-state index in [1.165, 1.54) is 0 Å². The van der Waals surface area contributed by atoms with Crippen LogP contribution in [0.2, 0.25) is 0 Å². The lowest BCUT2D eigenvalue weighted by atomic mass is 9.85. The molecule has 0 spiro atoms. The van der Waals surface area contributed by atoms with Crippen molar-refractivity contribution in [3.63, 3.8) is 0 Å². The van der Waals surface area contributed by atoms with E-state index in [0.29, 0.717) is 24.9 Å². The smallest absolute Gasteiger partial charge is 0.387 e. The molecule has 0 aliphatic carbocycles. The Morgan fingerprint density at radius 3 is 2.71 bits per heavy atom. The highest BCUT2D eigenvalue weighted by Gasteiger charge is 2.38. The lowest BCUT2D eigenvalue weighted by molar-refractivity contribution is -0.139. The maximum Gasteiger partial charge on any atom is 0.416 e. The lowest BCUT2D eigenvalue weighted by Gasteiger charge is -2.34. The number of halogens is 4. The van der Waals surface area contributed by atoms with E-state index in [1.807, 2.05) is 6.92 Å². The standard InChI is InChI=1S/C15H19F4NO/c1-2-9-5-6-20-13(7-9)14(21)11-4-3-10(16)8-12(11)15(17,18)19/h3-4,8-9,13-14,20-21H,2,5-7H2,1H3. The van der Waals surface area contributed by atoms with Crippen LogP contribution < -0.4 is 5.32 Å². The highest BCUT2D eigenvalue weighted by molar-refractivity contribution is 5.33. The van der Waals surface area contributed by atoms with Gasteiger partial charge in [-0.2, -0.15) is 13.2 Å². The van der Waals surface area contributed by atoms with E-state index < -0.39 is 29.7 Å². The zero-order chi connectivity index (χ0) is 15.6. The van der Waals surface area contributed by atoms with Gasteiger partial charge >= 0.3 is 6.18 Å². The van der Waals surface area contributed by atoms with E-state index in [1.54, 1.807) is 0 Å². The number of benzene rings is 1. The number of rotatable bonds is 3. The molecule has 1 saturated heterocycles. The second-order valence-electron chi connectivity index (χ2n) is 5.53. The van der Waals surface area contributed by atoms with E-state index in [2.05, 4.69) is 5.32 Å². The lowest BCUT2D eigenvalue weighted by Crippen LogP contribution is -2.42. The summed E-state index contributed by atoms with van der Waals surface area (Å²) in [5.41, 5.74) is -1.37. The molecule has 2 N–H and O–H groups in total. The predicted molar refractivity (Wildman–Crippen MR) is 71.2 cm³/mol. The Kier molecular flexibility index (Phi) is 4.88. The monoisotopic (exact) mass is 305 g/mol. The summed E-state index contributed by atoms with van der Waals surface area (Å²) in [6.45, 7) is 2.70. The normalized spacial score (nSPS) is 24.9. The molecule has 0 radical (unpaired) electrons. The van der Waals surface area contributed by atoms with Crippen molar-refractivity contribution < 1.29 is 22.7 Å². The number of nitrogens with one attached hydrogen (secondary N) is 1. The zero-order valence-corrected chi connectivity index (χ0v) is 11.8. The fourth-order valence-corrected chi connectivity index (χ4v) is 2.89. The molecule has 1 fully saturated rings. The van der Waals surface area contributed by atoms with Gasteiger partial charge in [0.15, 0.2) is 0 Å². The van der Waals surface area contributed by atoms with Gasteiger partial charge in [0.25, 0.3) is 0 Å². The van der Waals surface area contributed by atoms with Crippen molar-refractivity contribution in [2.24, 2.45) is 5.92 Å². The summed E-state index contributed by atoms with van der Waals surface area (Å²) in [5, 5.41) is 13.4. The largest absolute Gasteiger partial charge is 0.416 e. The van der Waals surface area contributed by atoms with E-state index in [4.69, 9.17) is 0 Å². The molecule has 0 amide bonds. The average molecular weight is 305 g/mol. The first-order chi connectivity index (χ1) is 9.82. The molecular weight excluding hydrogens is 286 g/mol. The van der Waals surface area contributed by atoms with Crippen LogP contribution in [-0.4, -0.2) is 17.7 Å². The van der Waals surface area contributed by atoms with Crippen molar-refractivity contribution in [3.8, 4) is 0 Å². The molecule has 1 aliphatic heterocycles. The van der Waals surface area contributed by atoms with Gasteiger partial charge in [0, 0.05) is 6.04 Å². The molecule has 118 valence electrons. The molecular formula is C15H19F4NO. The first kappa shape index (κ1) is 16.2. The van der Waals surface area contributed by atoms with Gasteiger partial charge in [-0.1, -0.05) is 19.4 Å². The predicted octanol–water partition coefficient (Wildman–Crippen LogP) is 3.66. The molecule has 1 aromatic rings. The molecule has 3 unspecified atom stereocenters. The zero-order valence-electron chi connectivity index (χ0n) is 11.8. The van der Waals surface area contributed by atoms with Crippen molar-refractivity contribution in [2.45, 2.75) is 44.5 Å². The van der Waals surface area contributed by atoms with Crippen molar-refractivity contribution >= 4 is 0 Å². The summed E-state index contributed by atoms with van der Waals surface area (Å²) in [6, 6.07) is 1.99. The minimum absolute atomic E-state index is 0.266. The second-order valence-corrected chi connectivity index (χ2v) is 5.53. The number of aliphatic hydroxyl groups excluding tert-OH is 1. The Labute approximate surface area is 121 Å². The SMILES string of the molecule is CCC1CCNC(C(O)c2ccc(F)cc2C(F)(F)F)C1. The molecule has 1 heterocycles. The Morgan fingerprint density at radius 1 is 1.38 bits per heavy atom. The molecule has 1 aliphatic rings. The van der Waals surface area contributed by atoms with Crippen LogP contribution in [0.1, 0.15) is 43.4 Å². The highest BCUT2D eigenvalue weighted by Crippen LogP contribution is 2.37. The summed E-state index contributed by atoms with van der Waals surface area (Å²) in [4.78, 5) is 0. The van der Waals surface area contributed by atoms with Crippen LogP contribution in [0.15, 0.2) is 18.2 Å². The summed E-state index contributed by atoms with van der Waals surface area (Å²) < 4.78 is 52.1. The Bertz CT molecular complexity index is 489. The van der Waals surface area contributed by atoms with Crippen LogP contribution in [0, 0.1) is 11.7 Å². The maximum absolute atomic E-state index is 13.1. The number of piperidine rings is 1. The minimum Gasteiger partial charge on any atom is -0.387 e. The van der Waals surface area contributed by atoms with Crippen LogP contribution in [0.4, 0.5) is 17.6 Å². The molecule has 0 saturated carbocycles. The topological polar surface area (TPSA) is 32.3 Å². The van der Waals surface area contributed by atoms with Crippen LogP contribution in [0.5, 0.6) is 0 Å². The first-order valence-electron chi connectivity index (χ1n) is 7.11.